The lowest BCUT2D eigenvalue weighted by Crippen LogP contribution is -2.28. The summed E-state index contributed by atoms with van der Waals surface area (Å²) >= 11 is 0. The average molecular weight is 387 g/mol. The quantitative estimate of drug-likeness (QED) is 0.314. The Bertz CT molecular complexity index is 1380. The van der Waals surface area contributed by atoms with Crippen molar-refractivity contribution in [2.24, 2.45) is 5.09 Å². The summed E-state index contributed by atoms with van der Waals surface area (Å²) in [6, 6.07) is 34.8. The van der Waals surface area contributed by atoms with Crippen LogP contribution in [0.1, 0.15) is 0 Å². The molecule has 5 rings (SSSR count). The van der Waals surface area contributed by atoms with Gasteiger partial charge in [-0.2, -0.15) is 4.91 Å². The highest BCUT2D eigenvalue weighted by molar-refractivity contribution is 6.67. The fourth-order valence-electron chi connectivity index (χ4n) is 4.08. The van der Waals surface area contributed by atoms with Crippen LogP contribution in [-0.2, 0) is 0 Å². The van der Waals surface area contributed by atoms with E-state index in [0.29, 0.717) is 5.46 Å². The number of benzene rings is 5. The lowest BCUT2D eigenvalue weighted by molar-refractivity contribution is 0.588. The van der Waals surface area contributed by atoms with E-state index in [2.05, 4.69) is 65.8 Å². The minimum atomic E-state index is -1.36. The molecule has 0 radical (unpaired) electrons. The van der Waals surface area contributed by atoms with Gasteiger partial charge in [-0.15, -0.1) is 0 Å². The van der Waals surface area contributed by atoms with E-state index in [-0.39, 0.29) is 0 Å². The average Bonchev–Trinajstić information content (AvgIpc) is 2.82. The van der Waals surface area contributed by atoms with Crippen LogP contribution < -0.4 is 5.46 Å². The Morgan fingerprint density at radius 1 is 0.600 bits per heavy atom. The largest absolute Gasteiger partial charge is 0.518 e. The first kappa shape index (κ1) is 18.3. The van der Waals surface area contributed by atoms with Crippen LogP contribution >= 0.6 is 0 Å². The third-order valence-corrected chi connectivity index (χ3v) is 5.59. The fourth-order valence-corrected chi connectivity index (χ4v) is 4.08. The number of nitroso groups, excluding NO2 is 1. The van der Waals surface area contributed by atoms with Crippen molar-refractivity contribution >= 4 is 34.1 Å². The molecule has 3 nitrogen and oxygen atoms in total. The molecule has 0 fully saturated rings. The van der Waals surface area contributed by atoms with E-state index >= 15 is 0 Å². The first-order chi connectivity index (χ1) is 14.7. The minimum absolute atomic E-state index is 0.526. The Kier molecular flexibility index (Phi) is 4.62. The van der Waals surface area contributed by atoms with Crippen molar-refractivity contribution in [3.8, 4) is 22.3 Å². The predicted molar refractivity (Wildman–Crippen MR) is 126 cm³/mol. The zero-order valence-electron chi connectivity index (χ0n) is 16.2. The molecule has 0 saturated heterocycles. The number of fused-ring (bicyclic) bond motifs is 2. The summed E-state index contributed by atoms with van der Waals surface area (Å²) in [7, 11) is -1.36. The maximum absolute atomic E-state index is 10.9. The Morgan fingerprint density at radius 3 is 1.97 bits per heavy atom. The summed E-state index contributed by atoms with van der Waals surface area (Å²) < 4.78 is 0. The standard InChI is InChI=1S/C26H18BNO2/c29-27(28-30)26-15-14-23(24-8-4-5-9-25(24)26)22-13-12-20-16-19(10-11-21(20)17-22)18-6-2-1-3-7-18/h1-17,29H. The Morgan fingerprint density at radius 2 is 1.23 bits per heavy atom. The molecule has 5 aromatic rings. The predicted octanol–water partition coefficient (Wildman–Crippen LogP) is 5.78. The van der Waals surface area contributed by atoms with Crippen molar-refractivity contribution in [3.05, 3.63) is 108 Å². The second kappa shape index (κ2) is 7.58. The third-order valence-electron chi connectivity index (χ3n) is 5.59. The summed E-state index contributed by atoms with van der Waals surface area (Å²) in [4.78, 5) is 10.9. The van der Waals surface area contributed by atoms with Crippen molar-refractivity contribution in [2.75, 3.05) is 0 Å². The van der Waals surface area contributed by atoms with Gasteiger partial charge in [-0.25, -0.2) is 0 Å². The van der Waals surface area contributed by atoms with Crippen LogP contribution in [0.2, 0.25) is 0 Å². The first-order valence-electron chi connectivity index (χ1n) is 9.86. The van der Waals surface area contributed by atoms with Crippen LogP contribution in [0, 0.1) is 4.91 Å². The molecule has 0 aliphatic rings. The van der Waals surface area contributed by atoms with E-state index in [0.717, 1.165) is 27.3 Å². The van der Waals surface area contributed by atoms with E-state index in [1.54, 1.807) is 6.07 Å². The summed E-state index contributed by atoms with van der Waals surface area (Å²) in [6.07, 6.45) is 0. The van der Waals surface area contributed by atoms with Crippen LogP contribution in [0.3, 0.4) is 0 Å². The van der Waals surface area contributed by atoms with Gasteiger partial charge in [0, 0.05) is 0 Å². The molecule has 0 unspecified atom stereocenters. The molecule has 5 aromatic carbocycles. The summed E-state index contributed by atoms with van der Waals surface area (Å²) in [5, 5.41) is 16.9. The van der Waals surface area contributed by atoms with Gasteiger partial charge in [-0.3, -0.25) is 0 Å². The number of hydrogen-bond acceptors (Lipinski definition) is 3. The molecule has 4 heteroatoms. The molecule has 0 bridgehead atoms. The second-order valence-corrected chi connectivity index (χ2v) is 7.37. The summed E-state index contributed by atoms with van der Waals surface area (Å²) in [5.41, 5.74) is 5.07. The van der Waals surface area contributed by atoms with E-state index in [1.165, 1.54) is 16.5 Å². The smallest absolute Gasteiger partial charge is 0.425 e. The van der Waals surface area contributed by atoms with E-state index < -0.39 is 7.05 Å². The Balaban J connectivity index is 1.63. The van der Waals surface area contributed by atoms with E-state index in [4.69, 9.17) is 0 Å². The van der Waals surface area contributed by atoms with Crippen molar-refractivity contribution in [1.82, 2.24) is 0 Å². The SMILES string of the molecule is O=NB(O)c1ccc(-c2ccc3cc(-c4ccccc4)ccc3c2)c2ccccc12. The molecule has 0 saturated carbocycles. The molecule has 1 N–H and O–H groups in total. The van der Waals surface area contributed by atoms with Gasteiger partial charge in [-0.1, -0.05) is 96.1 Å². The molecule has 30 heavy (non-hydrogen) atoms. The lowest BCUT2D eigenvalue weighted by atomic mass is 9.72. The molecule has 0 aliphatic heterocycles. The highest BCUT2D eigenvalue weighted by atomic mass is 16.3. The van der Waals surface area contributed by atoms with Gasteiger partial charge in [-0.05, 0) is 61.4 Å². The molecule has 0 atom stereocenters. The van der Waals surface area contributed by atoms with Crippen LogP contribution in [0.5, 0.6) is 0 Å². The van der Waals surface area contributed by atoms with E-state index in [1.807, 2.05) is 36.4 Å². The van der Waals surface area contributed by atoms with Gasteiger partial charge in [0.25, 0.3) is 0 Å². The molecule has 142 valence electrons. The monoisotopic (exact) mass is 387 g/mol. The zero-order valence-corrected chi connectivity index (χ0v) is 16.2. The van der Waals surface area contributed by atoms with Gasteiger partial charge >= 0.3 is 7.05 Å². The maximum atomic E-state index is 10.9. The van der Waals surface area contributed by atoms with Crippen LogP contribution in [0.25, 0.3) is 43.8 Å². The summed E-state index contributed by atoms with van der Waals surface area (Å²) in [5.74, 6) is 0. The molecule has 0 aliphatic carbocycles. The number of rotatable bonds is 4. The Labute approximate surface area is 174 Å². The van der Waals surface area contributed by atoms with Crippen LogP contribution in [0.4, 0.5) is 0 Å². The summed E-state index contributed by atoms with van der Waals surface area (Å²) in [6.45, 7) is 0. The van der Waals surface area contributed by atoms with E-state index in [9.17, 15) is 9.93 Å². The topological polar surface area (TPSA) is 49.7 Å². The van der Waals surface area contributed by atoms with Crippen LogP contribution in [-0.4, -0.2) is 12.1 Å². The molecular weight excluding hydrogens is 369 g/mol. The van der Waals surface area contributed by atoms with Crippen molar-refractivity contribution in [2.45, 2.75) is 0 Å². The van der Waals surface area contributed by atoms with Crippen LogP contribution in [0.15, 0.2) is 108 Å². The van der Waals surface area contributed by atoms with Gasteiger partial charge < -0.3 is 5.02 Å². The normalized spacial score (nSPS) is 11.0. The van der Waals surface area contributed by atoms with Crippen molar-refractivity contribution < 1.29 is 5.02 Å². The first-order valence-corrected chi connectivity index (χ1v) is 9.86. The van der Waals surface area contributed by atoms with Gasteiger partial charge in [0.2, 0.25) is 0 Å². The minimum Gasteiger partial charge on any atom is -0.425 e. The number of nitrogens with zero attached hydrogens (tertiary/aromatic N) is 1. The van der Waals surface area contributed by atoms with Gasteiger partial charge in [0.15, 0.2) is 0 Å². The maximum Gasteiger partial charge on any atom is 0.518 e. The second-order valence-electron chi connectivity index (χ2n) is 7.37. The Hall–Kier alpha value is -3.76. The molecule has 0 amide bonds. The van der Waals surface area contributed by atoms with Gasteiger partial charge in [0.05, 0.1) is 0 Å². The van der Waals surface area contributed by atoms with Crippen molar-refractivity contribution in [1.29, 1.82) is 0 Å². The molecule has 0 spiro atoms. The third kappa shape index (κ3) is 3.17. The van der Waals surface area contributed by atoms with Gasteiger partial charge in [0.1, 0.15) is 0 Å². The highest BCUT2D eigenvalue weighted by Gasteiger charge is 2.20. The molecule has 0 aromatic heterocycles. The molecule has 0 heterocycles. The lowest BCUT2D eigenvalue weighted by Gasteiger charge is -2.12. The van der Waals surface area contributed by atoms with Crippen molar-refractivity contribution in [3.63, 3.8) is 0 Å². The zero-order chi connectivity index (χ0) is 20.5. The number of hydrogen-bond donors (Lipinski definition) is 1. The highest BCUT2D eigenvalue weighted by Crippen LogP contribution is 2.32. The fraction of sp³-hybridized carbons (Fsp3) is 0. The molecular formula is C26H18BNO2.